The van der Waals surface area contributed by atoms with Gasteiger partial charge in [0.15, 0.2) is 0 Å². The molecule has 2 N–H and O–H groups in total. The number of benzene rings is 1. The topological polar surface area (TPSA) is 90.7 Å². The summed E-state index contributed by atoms with van der Waals surface area (Å²) in [5.41, 5.74) is 1.06. The van der Waals surface area contributed by atoms with Crippen LogP contribution in [0.15, 0.2) is 47.1 Å². The Hall–Kier alpha value is -2.38. The van der Waals surface area contributed by atoms with Crippen molar-refractivity contribution in [2.45, 2.75) is 32.4 Å². The molecule has 7 heteroatoms. The highest BCUT2D eigenvalue weighted by Gasteiger charge is 2.59. The molecule has 1 aromatic carbocycles. The largest absolute Gasteiger partial charge is 0.477 e. The predicted molar refractivity (Wildman–Crippen MR) is 108 cm³/mol. The molecular formula is C21H22N2O4S. The molecule has 1 saturated heterocycles. The number of pyridine rings is 1. The summed E-state index contributed by atoms with van der Waals surface area (Å²) in [6, 6.07) is 9.77. The van der Waals surface area contributed by atoms with E-state index >= 15 is 0 Å². The zero-order valence-corrected chi connectivity index (χ0v) is 16.5. The molecular weight excluding hydrogens is 376 g/mol. The number of aliphatic hydroxyl groups excluding tert-OH is 1. The van der Waals surface area contributed by atoms with Gasteiger partial charge in [-0.15, -0.1) is 11.8 Å². The summed E-state index contributed by atoms with van der Waals surface area (Å²) in [7, 11) is 0. The third-order valence-electron chi connectivity index (χ3n) is 5.66. The van der Waals surface area contributed by atoms with Crippen molar-refractivity contribution in [3.63, 3.8) is 0 Å². The van der Waals surface area contributed by atoms with Crippen LogP contribution in [0.25, 0.3) is 10.8 Å². The maximum atomic E-state index is 12.4. The molecule has 146 valence electrons. The van der Waals surface area contributed by atoms with Gasteiger partial charge in [0.25, 0.3) is 0 Å². The van der Waals surface area contributed by atoms with E-state index in [1.807, 2.05) is 37.3 Å². The van der Waals surface area contributed by atoms with Crippen molar-refractivity contribution < 1.29 is 19.8 Å². The first-order chi connectivity index (χ1) is 13.4. The van der Waals surface area contributed by atoms with Crippen LogP contribution in [-0.2, 0) is 16.0 Å². The number of aromatic nitrogens is 1. The van der Waals surface area contributed by atoms with Crippen LogP contribution in [-0.4, -0.2) is 49.9 Å². The Labute approximate surface area is 167 Å². The van der Waals surface area contributed by atoms with E-state index in [9.17, 15) is 19.8 Å². The first kappa shape index (κ1) is 19.0. The minimum Gasteiger partial charge on any atom is -0.477 e. The lowest BCUT2D eigenvalue weighted by Crippen LogP contribution is -2.63. The van der Waals surface area contributed by atoms with Crippen LogP contribution in [0, 0.1) is 11.8 Å². The molecule has 2 unspecified atom stereocenters. The molecule has 6 nitrogen and oxygen atoms in total. The lowest BCUT2D eigenvalue weighted by Gasteiger charge is -2.46. The van der Waals surface area contributed by atoms with E-state index in [4.69, 9.17) is 0 Å². The van der Waals surface area contributed by atoms with Crippen LogP contribution in [0.1, 0.15) is 19.5 Å². The van der Waals surface area contributed by atoms with Crippen LogP contribution in [0.4, 0.5) is 0 Å². The number of nitrogens with zero attached hydrogens (tertiary/aromatic N) is 2. The summed E-state index contributed by atoms with van der Waals surface area (Å²) in [4.78, 5) is 30.8. The Morgan fingerprint density at radius 3 is 2.79 bits per heavy atom. The third kappa shape index (κ3) is 2.89. The predicted octanol–water partition coefficient (Wildman–Crippen LogP) is 2.66. The highest BCUT2D eigenvalue weighted by molar-refractivity contribution is 8.03. The summed E-state index contributed by atoms with van der Waals surface area (Å²) < 4.78 is 0. The van der Waals surface area contributed by atoms with Crippen LogP contribution in [0.5, 0.6) is 0 Å². The van der Waals surface area contributed by atoms with Gasteiger partial charge in [0, 0.05) is 33.9 Å². The molecule has 3 heterocycles. The summed E-state index contributed by atoms with van der Waals surface area (Å²) in [6.07, 6.45) is 1.71. The first-order valence-corrected chi connectivity index (χ1v) is 10.3. The van der Waals surface area contributed by atoms with Gasteiger partial charge in [-0.05, 0) is 24.8 Å². The fourth-order valence-electron chi connectivity index (χ4n) is 4.35. The van der Waals surface area contributed by atoms with Gasteiger partial charge in [-0.2, -0.15) is 0 Å². The fraction of sp³-hybridized carbons (Fsp3) is 0.381. The van der Waals surface area contributed by atoms with Gasteiger partial charge in [0.2, 0.25) is 5.91 Å². The normalized spacial score (nSPS) is 25.0. The quantitative estimate of drug-likeness (QED) is 0.727. The molecule has 2 aromatic rings. The van der Waals surface area contributed by atoms with Crippen LogP contribution < -0.4 is 0 Å². The number of fused-ring (bicyclic) bond motifs is 2. The second-order valence-electron chi connectivity index (χ2n) is 7.35. The maximum absolute atomic E-state index is 12.4. The van der Waals surface area contributed by atoms with Crippen molar-refractivity contribution >= 4 is 34.4 Å². The van der Waals surface area contributed by atoms with Crippen molar-refractivity contribution in [3.8, 4) is 0 Å². The molecule has 1 aromatic heterocycles. The number of hydrogen-bond acceptors (Lipinski definition) is 5. The van der Waals surface area contributed by atoms with Gasteiger partial charge in [-0.3, -0.25) is 9.78 Å². The smallest absolute Gasteiger partial charge is 0.353 e. The van der Waals surface area contributed by atoms with Crippen molar-refractivity contribution in [1.29, 1.82) is 0 Å². The van der Waals surface area contributed by atoms with Crippen molar-refractivity contribution in [2.75, 3.05) is 5.75 Å². The van der Waals surface area contributed by atoms with E-state index in [0.29, 0.717) is 17.1 Å². The Morgan fingerprint density at radius 1 is 1.32 bits per heavy atom. The summed E-state index contributed by atoms with van der Waals surface area (Å²) in [5.74, 6) is -1.34. The monoisotopic (exact) mass is 398 g/mol. The highest BCUT2D eigenvalue weighted by Crippen LogP contribution is 2.50. The molecule has 28 heavy (non-hydrogen) atoms. The average Bonchev–Trinajstić information content (AvgIpc) is 2.90. The van der Waals surface area contributed by atoms with Crippen LogP contribution in [0.2, 0.25) is 0 Å². The molecule has 0 saturated carbocycles. The van der Waals surface area contributed by atoms with Gasteiger partial charge < -0.3 is 15.1 Å². The Kier molecular flexibility index (Phi) is 4.89. The molecule has 0 spiro atoms. The third-order valence-corrected chi connectivity index (χ3v) is 6.95. The molecule has 0 aliphatic carbocycles. The summed E-state index contributed by atoms with van der Waals surface area (Å²) in [5, 5.41) is 21.8. The maximum Gasteiger partial charge on any atom is 0.353 e. The Balaban J connectivity index is 1.54. The SMILES string of the molecule is C[C@@H](O)C1C(=O)N2C(C(=O)O)=C(SCCc3nccc4ccccc34)[C@H](C)C12. The standard InChI is InChI=1S/C21H22N2O4S/c1-11-17-16(12(2)24)20(25)23(17)18(21(26)27)19(11)28-10-8-15-14-6-4-3-5-13(14)7-9-22-15/h3-7,9,11-12,16-17,24H,8,10H2,1-2H3,(H,26,27)/t11-,12-,16?,17?/m1/s1. The van der Waals surface area contributed by atoms with E-state index < -0.39 is 18.0 Å². The zero-order valence-electron chi connectivity index (χ0n) is 15.7. The minimum absolute atomic E-state index is 0.0790. The molecule has 0 radical (unpaired) electrons. The number of carboxylic acid groups (broad SMARTS) is 1. The van der Waals surface area contributed by atoms with Crippen LogP contribution in [0.3, 0.4) is 0 Å². The molecule has 0 bridgehead atoms. The highest BCUT2D eigenvalue weighted by atomic mass is 32.2. The van der Waals surface area contributed by atoms with Crippen molar-refractivity contribution in [1.82, 2.24) is 9.88 Å². The molecule has 1 fully saturated rings. The zero-order chi connectivity index (χ0) is 20.0. The van der Waals surface area contributed by atoms with Gasteiger partial charge >= 0.3 is 5.97 Å². The number of β-lactam (4-membered cyclic amide) rings is 1. The number of carbonyl (C=O) groups excluding carboxylic acids is 1. The second-order valence-corrected chi connectivity index (χ2v) is 8.49. The van der Waals surface area contributed by atoms with Crippen molar-refractivity contribution in [2.24, 2.45) is 11.8 Å². The number of aliphatic carboxylic acids is 1. The van der Waals surface area contributed by atoms with Gasteiger partial charge in [-0.25, -0.2) is 4.79 Å². The Bertz CT molecular complexity index is 982. The van der Waals surface area contributed by atoms with E-state index in [2.05, 4.69) is 4.98 Å². The van der Waals surface area contributed by atoms with E-state index in [0.717, 1.165) is 16.5 Å². The van der Waals surface area contributed by atoms with Gasteiger partial charge in [-0.1, -0.05) is 31.2 Å². The number of rotatable bonds is 6. The molecule has 4 rings (SSSR count). The van der Waals surface area contributed by atoms with Crippen molar-refractivity contribution in [3.05, 3.63) is 52.8 Å². The number of aryl methyl sites for hydroxylation is 1. The molecule has 1 amide bonds. The molecule has 4 atom stereocenters. The van der Waals surface area contributed by atoms with Gasteiger partial charge in [0.1, 0.15) is 5.70 Å². The number of thioether (sulfide) groups is 1. The number of carboxylic acids is 1. The minimum atomic E-state index is -1.09. The number of carbonyl (C=O) groups is 2. The molecule has 2 aliphatic heterocycles. The van der Waals surface area contributed by atoms with E-state index in [-0.39, 0.29) is 23.6 Å². The average molecular weight is 398 g/mol. The summed E-state index contributed by atoms with van der Waals surface area (Å²) in [6.45, 7) is 3.53. The number of amides is 1. The second kappa shape index (κ2) is 7.22. The molecule has 2 aliphatic rings. The number of hydrogen-bond donors (Lipinski definition) is 2. The number of aliphatic hydroxyl groups is 1. The fourth-order valence-corrected chi connectivity index (χ4v) is 5.59. The first-order valence-electron chi connectivity index (χ1n) is 9.36. The summed E-state index contributed by atoms with van der Waals surface area (Å²) >= 11 is 1.48. The Morgan fingerprint density at radius 2 is 2.07 bits per heavy atom. The van der Waals surface area contributed by atoms with Crippen LogP contribution >= 0.6 is 11.8 Å². The van der Waals surface area contributed by atoms with Gasteiger partial charge in [0.05, 0.1) is 18.1 Å². The van der Waals surface area contributed by atoms with E-state index in [1.165, 1.54) is 16.7 Å². The lowest BCUT2D eigenvalue weighted by molar-refractivity contribution is -0.163. The lowest BCUT2D eigenvalue weighted by atomic mass is 9.79. The van der Waals surface area contributed by atoms with E-state index in [1.54, 1.807) is 13.1 Å².